The first-order valence-corrected chi connectivity index (χ1v) is 5.90. The summed E-state index contributed by atoms with van der Waals surface area (Å²) in [7, 11) is 0. The molecule has 0 spiro atoms. The average molecular weight is 324 g/mol. The molecule has 0 saturated carbocycles. The minimum Gasteiger partial charge on any atom is -0.439 e. The fourth-order valence-corrected chi connectivity index (χ4v) is 1.57. The van der Waals surface area contributed by atoms with Gasteiger partial charge in [0.25, 0.3) is 0 Å². The second kappa shape index (κ2) is 6.18. The van der Waals surface area contributed by atoms with Crippen molar-refractivity contribution in [2.45, 2.75) is 6.36 Å². The van der Waals surface area contributed by atoms with Gasteiger partial charge in [-0.1, -0.05) is 0 Å². The van der Waals surface area contributed by atoms with Crippen LogP contribution in [-0.4, -0.2) is 11.3 Å². The number of alkyl halides is 3. The Morgan fingerprint density at radius 2 is 2.00 bits per heavy atom. The Balaban J connectivity index is 2.30. The van der Waals surface area contributed by atoms with Crippen LogP contribution in [0.2, 0.25) is 0 Å². The summed E-state index contributed by atoms with van der Waals surface area (Å²) in [6.07, 6.45) is -4.95. The van der Waals surface area contributed by atoms with E-state index in [1.807, 2.05) is 0 Å². The van der Waals surface area contributed by atoms with Crippen LogP contribution in [0.1, 0.15) is 5.56 Å². The number of aromatic nitrogens is 1. The Hall–Kier alpha value is -3.35. The number of pyridine rings is 1. The molecule has 0 aliphatic heterocycles. The lowest BCUT2D eigenvalue weighted by Gasteiger charge is -2.12. The van der Waals surface area contributed by atoms with Gasteiger partial charge in [0.2, 0.25) is 5.88 Å². The number of rotatable bonds is 4. The third-order valence-corrected chi connectivity index (χ3v) is 2.50. The van der Waals surface area contributed by atoms with E-state index in [1.165, 1.54) is 18.2 Å². The number of ether oxygens (including phenoxy) is 2. The molecule has 0 radical (unpaired) electrons. The fourth-order valence-electron chi connectivity index (χ4n) is 1.57. The van der Waals surface area contributed by atoms with Crippen LogP contribution >= 0.6 is 0 Å². The van der Waals surface area contributed by atoms with Crippen LogP contribution in [-0.2, 0) is 0 Å². The van der Waals surface area contributed by atoms with Gasteiger partial charge < -0.3 is 15.2 Å². The lowest BCUT2D eigenvalue weighted by atomic mass is 10.2. The van der Waals surface area contributed by atoms with Crippen LogP contribution in [0.5, 0.6) is 17.4 Å². The summed E-state index contributed by atoms with van der Waals surface area (Å²) in [6.45, 7) is 0. The highest BCUT2D eigenvalue weighted by Gasteiger charge is 2.32. The highest BCUT2D eigenvalue weighted by molar-refractivity contribution is 5.58. The van der Waals surface area contributed by atoms with Crippen LogP contribution in [0.25, 0.3) is 0 Å². The molecule has 7 nitrogen and oxygen atoms in total. The maximum absolute atomic E-state index is 12.3. The van der Waals surface area contributed by atoms with E-state index in [0.29, 0.717) is 0 Å². The maximum atomic E-state index is 12.3. The van der Waals surface area contributed by atoms with E-state index in [-0.39, 0.29) is 28.7 Å². The number of hydrogen-bond acceptors (Lipinski definition) is 7. The molecular weight excluding hydrogens is 317 g/mol. The van der Waals surface area contributed by atoms with Gasteiger partial charge in [-0.05, 0) is 23.4 Å². The molecule has 0 aliphatic carbocycles. The summed E-state index contributed by atoms with van der Waals surface area (Å²) >= 11 is 0. The van der Waals surface area contributed by atoms with Crippen molar-refractivity contribution in [3.05, 3.63) is 40.8 Å². The summed E-state index contributed by atoms with van der Waals surface area (Å²) in [5.74, 6) is -1.05. The number of benzene rings is 1. The summed E-state index contributed by atoms with van der Waals surface area (Å²) in [6, 6.07) is 7.31. The number of nitrogen functional groups attached to an aromatic ring is 1. The molecule has 118 valence electrons. The zero-order valence-corrected chi connectivity index (χ0v) is 11.2. The molecule has 1 heterocycles. The van der Waals surface area contributed by atoms with Crippen LogP contribution in [0.3, 0.4) is 0 Å². The van der Waals surface area contributed by atoms with E-state index < -0.39 is 12.1 Å². The highest BCUT2D eigenvalue weighted by Crippen LogP contribution is 2.32. The number of halogens is 3. The van der Waals surface area contributed by atoms with Gasteiger partial charge in [-0.25, -0.2) is 0 Å². The molecule has 0 atom stereocenters. The average Bonchev–Trinajstić information content (AvgIpc) is 2.46. The monoisotopic (exact) mass is 324 g/mol. The molecule has 1 aromatic carbocycles. The van der Waals surface area contributed by atoms with E-state index in [4.69, 9.17) is 15.7 Å². The van der Waals surface area contributed by atoms with Crippen molar-refractivity contribution >= 4 is 11.5 Å². The van der Waals surface area contributed by atoms with Gasteiger partial charge in [0, 0.05) is 12.1 Å². The van der Waals surface area contributed by atoms with Crippen LogP contribution in [0.4, 0.5) is 24.7 Å². The number of nitroso groups, excluding NO2 is 1. The molecule has 0 fully saturated rings. The lowest BCUT2D eigenvalue weighted by Crippen LogP contribution is -2.17. The predicted molar refractivity (Wildman–Crippen MR) is 72.0 cm³/mol. The number of nitrogens with two attached hydrogens (primary N) is 1. The summed E-state index contributed by atoms with van der Waals surface area (Å²) < 4.78 is 45.9. The topological polar surface area (TPSA) is 111 Å². The van der Waals surface area contributed by atoms with Crippen LogP contribution in [0.15, 0.2) is 35.5 Å². The molecule has 0 unspecified atom stereocenters. The number of anilines is 1. The lowest BCUT2D eigenvalue weighted by molar-refractivity contribution is -0.274. The standard InChI is InChI=1S/C13H7F3N4O3/c14-13(15,16)23-10-5-8(2-1-7(10)6-17)22-11-4-3-9(20-21)12(18)19-11/h1-5H,(H2,18,19). The van der Waals surface area contributed by atoms with E-state index in [0.717, 1.165) is 12.1 Å². The molecule has 10 heteroatoms. The first-order valence-electron chi connectivity index (χ1n) is 5.90. The van der Waals surface area contributed by atoms with Gasteiger partial charge in [-0.2, -0.15) is 10.2 Å². The largest absolute Gasteiger partial charge is 0.573 e. The molecule has 0 amide bonds. The quantitative estimate of drug-likeness (QED) is 0.860. The van der Waals surface area contributed by atoms with Gasteiger partial charge in [-0.15, -0.1) is 18.1 Å². The molecular formula is C13H7F3N4O3. The van der Waals surface area contributed by atoms with Gasteiger partial charge in [0.05, 0.1) is 5.56 Å². The smallest absolute Gasteiger partial charge is 0.439 e. The van der Waals surface area contributed by atoms with Crippen molar-refractivity contribution in [1.82, 2.24) is 4.98 Å². The maximum Gasteiger partial charge on any atom is 0.573 e. The fraction of sp³-hybridized carbons (Fsp3) is 0.0769. The van der Waals surface area contributed by atoms with Crippen molar-refractivity contribution in [3.63, 3.8) is 0 Å². The van der Waals surface area contributed by atoms with Crippen molar-refractivity contribution < 1.29 is 22.6 Å². The van der Waals surface area contributed by atoms with Crippen LogP contribution < -0.4 is 15.2 Å². The van der Waals surface area contributed by atoms with Gasteiger partial charge in [-0.3, -0.25) is 0 Å². The first kappa shape index (κ1) is 16.0. The number of hydrogen-bond donors (Lipinski definition) is 1. The van der Waals surface area contributed by atoms with Crippen molar-refractivity contribution in [2.24, 2.45) is 5.18 Å². The van der Waals surface area contributed by atoms with Crippen molar-refractivity contribution in [3.8, 4) is 23.4 Å². The zero-order chi connectivity index (χ0) is 17.0. The van der Waals surface area contributed by atoms with Crippen molar-refractivity contribution in [2.75, 3.05) is 5.73 Å². The van der Waals surface area contributed by atoms with E-state index in [9.17, 15) is 18.1 Å². The van der Waals surface area contributed by atoms with E-state index >= 15 is 0 Å². The third-order valence-electron chi connectivity index (χ3n) is 2.50. The van der Waals surface area contributed by atoms with E-state index in [2.05, 4.69) is 14.9 Å². The molecule has 2 N–H and O–H groups in total. The minimum atomic E-state index is -4.95. The van der Waals surface area contributed by atoms with Gasteiger partial charge in [0.15, 0.2) is 11.6 Å². The van der Waals surface area contributed by atoms with E-state index in [1.54, 1.807) is 6.07 Å². The Labute approximate surface area is 127 Å². The summed E-state index contributed by atoms with van der Waals surface area (Å²) in [4.78, 5) is 14.1. The summed E-state index contributed by atoms with van der Waals surface area (Å²) in [5.41, 5.74) is 5.03. The normalized spacial score (nSPS) is 10.7. The molecule has 0 bridgehead atoms. The molecule has 2 rings (SSSR count). The van der Waals surface area contributed by atoms with Crippen LogP contribution in [0, 0.1) is 16.2 Å². The number of nitrogens with zero attached hydrogens (tertiary/aromatic N) is 3. The number of nitriles is 1. The predicted octanol–water partition coefficient (Wildman–Crippen LogP) is 3.62. The molecule has 2 aromatic rings. The Bertz CT molecular complexity index is 787. The second-order valence-electron chi connectivity index (χ2n) is 4.06. The van der Waals surface area contributed by atoms with Crippen molar-refractivity contribution in [1.29, 1.82) is 5.26 Å². The Morgan fingerprint density at radius 1 is 1.26 bits per heavy atom. The molecule has 1 aromatic heterocycles. The molecule has 23 heavy (non-hydrogen) atoms. The molecule has 0 aliphatic rings. The third kappa shape index (κ3) is 4.07. The zero-order valence-electron chi connectivity index (χ0n) is 11.2. The first-order chi connectivity index (χ1) is 10.8. The van der Waals surface area contributed by atoms with Gasteiger partial charge >= 0.3 is 6.36 Å². The Kier molecular flexibility index (Phi) is 4.31. The second-order valence-corrected chi connectivity index (χ2v) is 4.06. The Morgan fingerprint density at radius 3 is 2.57 bits per heavy atom. The van der Waals surface area contributed by atoms with Gasteiger partial charge in [0.1, 0.15) is 17.5 Å². The highest BCUT2D eigenvalue weighted by atomic mass is 19.4. The SMILES string of the molecule is N#Cc1ccc(Oc2ccc(N=O)c(N)n2)cc1OC(F)(F)F. The minimum absolute atomic E-state index is 0.0676. The molecule has 0 saturated heterocycles. The summed E-state index contributed by atoms with van der Waals surface area (Å²) in [5, 5.41) is 11.4.